The van der Waals surface area contributed by atoms with E-state index in [1.165, 1.54) is 29.8 Å². The first-order valence-electron chi connectivity index (χ1n) is 8.40. The lowest BCUT2D eigenvalue weighted by Crippen LogP contribution is -2.29. The van der Waals surface area contributed by atoms with Crippen molar-refractivity contribution < 1.29 is 0 Å². The topological polar surface area (TPSA) is 56.8 Å². The summed E-state index contributed by atoms with van der Waals surface area (Å²) in [5, 5.41) is 5.58. The lowest BCUT2D eigenvalue weighted by molar-refractivity contribution is 0.577. The molecule has 1 saturated heterocycles. The minimum atomic E-state index is -0.00617. The second kappa shape index (κ2) is 7.05. The number of aromatic nitrogens is 3. The number of H-pyrrole nitrogens is 1. The maximum atomic E-state index is 4.62. The van der Waals surface area contributed by atoms with Crippen LogP contribution < -0.4 is 10.2 Å². The summed E-state index contributed by atoms with van der Waals surface area (Å²) < 4.78 is 0. The molecule has 5 nitrogen and oxygen atoms in total. The minimum Gasteiger partial charge on any atom is -0.370 e. The summed E-state index contributed by atoms with van der Waals surface area (Å²) in [5.74, 6) is 1.77. The van der Waals surface area contributed by atoms with E-state index in [0.29, 0.717) is 0 Å². The van der Waals surface area contributed by atoms with Gasteiger partial charge >= 0.3 is 0 Å². The maximum absolute atomic E-state index is 4.62. The van der Waals surface area contributed by atoms with Crippen molar-refractivity contribution in [3.63, 3.8) is 0 Å². The zero-order valence-corrected chi connectivity index (χ0v) is 14.3. The van der Waals surface area contributed by atoms with Gasteiger partial charge in [-0.15, -0.1) is 11.3 Å². The van der Waals surface area contributed by atoms with Crippen LogP contribution in [-0.2, 0) is 0 Å². The van der Waals surface area contributed by atoms with Crippen molar-refractivity contribution in [3.8, 4) is 0 Å². The molecule has 0 amide bonds. The molecule has 0 unspecified atom stereocenters. The molecule has 1 aliphatic rings. The SMILES string of the molecule is c1csc([C@@H](Nc2ccc(N3CCCCC3)cn2)c2ncc[nH]2)c1. The highest BCUT2D eigenvalue weighted by atomic mass is 32.1. The smallest absolute Gasteiger partial charge is 0.134 e. The van der Waals surface area contributed by atoms with Crippen molar-refractivity contribution >= 4 is 22.8 Å². The molecule has 6 heteroatoms. The average Bonchev–Trinajstić information content (AvgIpc) is 3.35. The van der Waals surface area contributed by atoms with Gasteiger partial charge in [0.1, 0.15) is 17.7 Å². The number of imidazole rings is 1. The number of thiophene rings is 1. The first kappa shape index (κ1) is 15.2. The van der Waals surface area contributed by atoms with Crippen molar-refractivity contribution in [1.82, 2.24) is 15.0 Å². The lowest BCUT2D eigenvalue weighted by atomic mass is 10.1. The minimum absolute atomic E-state index is 0.00617. The fraction of sp³-hybridized carbons (Fsp3) is 0.333. The number of aromatic amines is 1. The molecule has 24 heavy (non-hydrogen) atoms. The van der Waals surface area contributed by atoms with Gasteiger partial charge in [-0.2, -0.15) is 0 Å². The van der Waals surface area contributed by atoms with Gasteiger partial charge in [0.15, 0.2) is 0 Å². The predicted molar refractivity (Wildman–Crippen MR) is 98.7 cm³/mol. The quantitative estimate of drug-likeness (QED) is 0.736. The number of hydrogen-bond donors (Lipinski definition) is 2. The van der Waals surface area contributed by atoms with Crippen molar-refractivity contribution in [2.45, 2.75) is 25.3 Å². The Balaban J connectivity index is 1.52. The second-order valence-electron chi connectivity index (χ2n) is 6.02. The van der Waals surface area contributed by atoms with Gasteiger partial charge in [-0.05, 0) is 42.8 Å². The zero-order chi connectivity index (χ0) is 16.2. The van der Waals surface area contributed by atoms with E-state index >= 15 is 0 Å². The van der Waals surface area contributed by atoms with E-state index < -0.39 is 0 Å². The van der Waals surface area contributed by atoms with Gasteiger partial charge in [-0.3, -0.25) is 0 Å². The van der Waals surface area contributed by atoms with Gasteiger partial charge in [0, 0.05) is 30.4 Å². The Kier molecular flexibility index (Phi) is 4.46. The van der Waals surface area contributed by atoms with Crippen LogP contribution in [0.15, 0.2) is 48.2 Å². The number of rotatable bonds is 5. The van der Waals surface area contributed by atoms with Gasteiger partial charge in [0.25, 0.3) is 0 Å². The highest BCUT2D eigenvalue weighted by Gasteiger charge is 2.18. The summed E-state index contributed by atoms with van der Waals surface area (Å²) in [4.78, 5) is 15.9. The first-order chi connectivity index (χ1) is 11.9. The van der Waals surface area contributed by atoms with Gasteiger partial charge in [0.05, 0.1) is 11.9 Å². The summed E-state index contributed by atoms with van der Waals surface area (Å²) in [7, 11) is 0. The predicted octanol–water partition coefficient (Wildman–Crippen LogP) is 4.06. The van der Waals surface area contributed by atoms with Gasteiger partial charge in [-0.25, -0.2) is 9.97 Å². The fourth-order valence-corrected chi connectivity index (χ4v) is 3.90. The van der Waals surface area contributed by atoms with E-state index in [4.69, 9.17) is 0 Å². The van der Waals surface area contributed by atoms with Gasteiger partial charge in [0.2, 0.25) is 0 Å². The zero-order valence-electron chi connectivity index (χ0n) is 13.5. The summed E-state index contributed by atoms with van der Waals surface area (Å²) in [5.41, 5.74) is 1.21. The van der Waals surface area contributed by atoms with Crippen LogP contribution in [0.3, 0.4) is 0 Å². The average molecular weight is 339 g/mol. The maximum Gasteiger partial charge on any atom is 0.134 e. The van der Waals surface area contributed by atoms with E-state index in [0.717, 1.165) is 24.7 Å². The second-order valence-corrected chi connectivity index (χ2v) is 7.00. The Bertz CT molecular complexity index is 696. The molecular weight excluding hydrogens is 318 g/mol. The molecule has 3 aromatic rings. The van der Waals surface area contributed by atoms with Crippen molar-refractivity contribution in [1.29, 1.82) is 0 Å². The van der Waals surface area contributed by atoms with E-state index in [1.54, 1.807) is 17.5 Å². The van der Waals surface area contributed by atoms with E-state index in [1.807, 2.05) is 12.4 Å². The number of nitrogens with zero attached hydrogens (tertiary/aromatic N) is 3. The van der Waals surface area contributed by atoms with Crippen LogP contribution in [0.25, 0.3) is 0 Å². The number of piperidine rings is 1. The highest BCUT2D eigenvalue weighted by Crippen LogP contribution is 2.28. The van der Waals surface area contributed by atoms with Crippen LogP contribution in [0.1, 0.15) is 36.0 Å². The molecule has 1 aliphatic heterocycles. The molecule has 3 aromatic heterocycles. The van der Waals surface area contributed by atoms with E-state index in [-0.39, 0.29) is 6.04 Å². The largest absolute Gasteiger partial charge is 0.370 e. The summed E-state index contributed by atoms with van der Waals surface area (Å²) in [6, 6.07) is 8.40. The molecule has 0 aromatic carbocycles. The third-order valence-electron chi connectivity index (χ3n) is 4.38. The van der Waals surface area contributed by atoms with Crippen LogP contribution in [-0.4, -0.2) is 28.0 Å². The normalized spacial score (nSPS) is 16.1. The monoisotopic (exact) mass is 339 g/mol. The number of nitrogens with one attached hydrogen (secondary N) is 2. The molecule has 4 rings (SSSR count). The van der Waals surface area contributed by atoms with Crippen molar-refractivity contribution in [3.05, 3.63) is 58.9 Å². The van der Waals surface area contributed by atoms with Crippen LogP contribution in [0.2, 0.25) is 0 Å². The molecule has 0 radical (unpaired) electrons. The molecule has 0 bridgehead atoms. The molecule has 0 saturated carbocycles. The Labute approximate surface area is 145 Å². The molecule has 0 spiro atoms. The fourth-order valence-electron chi connectivity index (χ4n) is 3.12. The molecule has 2 N–H and O–H groups in total. The van der Waals surface area contributed by atoms with Crippen LogP contribution >= 0.6 is 11.3 Å². The Morgan fingerprint density at radius 2 is 2.04 bits per heavy atom. The Morgan fingerprint density at radius 3 is 2.71 bits per heavy atom. The summed E-state index contributed by atoms with van der Waals surface area (Å²) >= 11 is 1.72. The molecular formula is C18H21N5S. The molecule has 1 atom stereocenters. The van der Waals surface area contributed by atoms with Crippen LogP contribution in [0.5, 0.6) is 0 Å². The summed E-state index contributed by atoms with van der Waals surface area (Å²) in [6.07, 6.45) is 9.50. The third-order valence-corrected chi connectivity index (χ3v) is 5.32. The number of pyridine rings is 1. The number of anilines is 2. The Hall–Kier alpha value is -2.34. The highest BCUT2D eigenvalue weighted by molar-refractivity contribution is 7.10. The summed E-state index contributed by atoms with van der Waals surface area (Å²) in [6.45, 7) is 2.28. The van der Waals surface area contributed by atoms with E-state index in [2.05, 4.69) is 54.8 Å². The molecule has 124 valence electrons. The number of hydrogen-bond acceptors (Lipinski definition) is 5. The first-order valence-corrected chi connectivity index (χ1v) is 9.28. The lowest BCUT2D eigenvalue weighted by Gasteiger charge is -2.28. The van der Waals surface area contributed by atoms with Gasteiger partial charge in [-0.1, -0.05) is 6.07 Å². The Morgan fingerprint density at radius 1 is 1.12 bits per heavy atom. The third kappa shape index (κ3) is 3.28. The van der Waals surface area contributed by atoms with Crippen molar-refractivity contribution in [2.75, 3.05) is 23.3 Å². The molecule has 1 fully saturated rings. The van der Waals surface area contributed by atoms with Crippen LogP contribution in [0, 0.1) is 0 Å². The molecule has 0 aliphatic carbocycles. The van der Waals surface area contributed by atoms with Crippen LogP contribution in [0.4, 0.5) is 11.5 Å². The van der Waals surface area contributed by atoms with E-state index in [9.17, 15) is 0 Å². The molecule has 4 heterocycles. The van der Waals surface area contributed by atoms with Gasteiger partial charge < -0.3 is 15.2 Å². The van der Waals surface area contributed by atoms with Crippen molar-refractivity contribution in [2.24, 2.45) is 0 Å². The standard InChI is InChI=1S/C18H21N5S/c1-2-10-23(11-3-1)14-6-7-16(21-13-14)22-17(15-5-4-12-24-15)18-19-8-9-20-18/h4-9,12-13,17H,1-3,10-11H2,(H,19,20)(H,21,22)/t17-/m1/s1.